The molecule has 0 saturated carbocycles. The first-order valence-electron chi connectivity index (χ1n) is 5.55. The number of halogens is 1. The molecule has 2 aromatic carbocycles. The van der Waals surface area contributed by atoms with Crippen molar-refractivity contribution in [2.75, 3.05) is 0 Å². The van der Waals surface area contributed by atoms with Gasteiger partial charge in [0.15, 0.2) is 0 Å². The van der Waals surface area contributed by atoms with Crippen molar-refractivity contribution in [1.29, 1.82) is 5.26 Å². The highest BCUT2D eigenvalue weighted by Gasteiger charge is 2.06. The van der Waals surface area contributed by atoms with Gasteiger partial charge in [-0.1, -0.05) is 22.0 Å². The van der Waals surface area contributed by atoms with Crippen LogP contribution in [-0.4, -0.2) is 0 Å². The monoisotopic (exact) mass is 301 g/mol. The van der Waals surface area contributed by atoms with Gasteiger partial charge in [-0.15, -0.1) is 0 Å². The summed E-state index contributed by atoms with van der Waals surface area (Å²) in [6.07, 6.45) is 0. The molecule has 0 atom stereocenters. The topological polar surface area (TPSA) is 33.0 Å². The summed E-state index contributed by atoms with van der Waals surface area (Å²) in [4.78, 5) is 0. The third-order valence-corrected chi connectivity index (χ3v) is 3.26. The van der Waals surface area contributed by atoms with Gasteiger partial charge in [0.25, 0.3) is 0 Å². The van der Waals surface area contributed by atoms with Gasteiger partial charge in [-0.25, -0.2) is 0 Å². The van der Waals surface area contributed by atoms with Gasteiger partial charge >= 0.3 is 0 Å². The first-order chi connectivity index (χ1) is 8.60. The summed E-state index contributed by atoms with van der Waals surface area (Å²) in [5, 5.41) is 9.04. The van der Waals surface area contributed by atoms with E-state index in [9.17, 15) is 0 Å². The van der Waals surface area contributed by atoms with Crippen LogP contribution in [0.15, 0.2) is 40.9 Å². The zero-order valence-electron chi connectivity index (χ0n) is 10.2. The highest BCUT2D eigenvalue weighted by molar-refractivity contribution is 9.10. The largest absolute Gasteiger partial charge is 0.456 e. The molecular formula is C15H12BrNO. The summed E-state index contributed by atoms with van der Waals surface area (Å²) in [5.74, 6) is 1.31. The molecule has 0 amide bonds. The number of hydrogen-bond acceptors (Lipinski definition) is 2. The summed E-state index contributed by atoms with van der Waals surface area (Å²) in [5.41, 5.74) is 2.91. The summed E-state index contributed by atoms with van der Waals surface area (Å²) >= 11 is 3.38. The highest BCUT2D eigenvalue weighted by atomic mass is 79.9. The molecule has 0 saturated heterocycles. The van der Waals surface area contributed by atoms with Crippen LogP contribution >= 0.6 is 15.9 Å². The molecule has 0 unspecified atom stereocenters. The van der Waals surface area contributed by atoms with E-state index in [0.717, 1.165) is 10.2 Å². The van der Waals surface area contributed by atoms with Crippen molar-refractivity contribution in [3.05, 3.63) is 57.6 Å². The Morgan fingerprint density at radius 2 is 1.83 bits per heavy atom. The molecule has 0 aromatic heterocycles. The third kappa shape index (κ3) is 2.72. The van der Waals surface area contributed by atoms with Crippen molar-refractivity contribution in [3.63, 3.8) is 0 Å². The number of nitrogens with zero attached hydrogens (tertiary/aromatic N) is 1. The average Bonchev–Trinajstić information content (AvgIpc) is 2.34. The lowest BCUT2D eigenvalue weighted by molar-refractivity contribution is 0.480. The van der Waals surface area contributed by atoms with Gasteiger partial charge in [0.1, 0.15) is 17.6 Å². The van der Waals surface area contributed by atoms with Crippen LogP contribution in [-0.2, 0) is 0 Å². The predicted octanol–water partition coefficient (Wildman–Crippen LogP) is 4.73. The zero-order valence-corrected chi connectivity index (χ0v) is 11.8. The van der Waals surface area contributed by atoms with Crippen molar-refractivity contribution in [2.45, 2.75) is 13.8 Å². The molecule has 2 rings (SSSR count). The fourth-order valence-corrected chi connectivity index (χ4v) is 1.92. The van der Waals surface area contributed by atoms with Crippen LogP contribution in [0, 0.1) is 25.2 Å². The third-order valence-electron chi connectivity index (χ3n) is 2.77. The molecule has 0 aliphatic heterocycles. The summed E-state index contributed by atoms with van der Waals surface area (Å²) in [6.45, 7) is 4.09. The lowest BCUT2D eigenvalue weighted by atomic mass is 10.1. The summed E-state index contributed by atoms with van der Waals surface area (Å²) < 4.78 is 6.65. The Hall–Kier alpha value is -1.79. The maximum absolute atomic E-state index is 9.04. The fourth-order valence-electron chi connectivity index (χ4n) is 1.58. The van der Waals surface area contributed by atoms with Crippen molar-refractivity contribution in [1.82, 2.24) is 0 Å². The fraction of sp³-hybridized carbons (Fsp3) is 0.133. The normalized spacial score (nSPS) is 9.89. The van der Waals surface area contributed by atoms with Gasteiger partial charge < -0.3 is 4.74 Å². The summed E-state index contributed by atoms with van der Waals surface area (Å²) in [7, 11) is 0. The second-order valence-electron chi connectivity index (χ2n) is 4.10. The molecule has 0 heterocycles. The Bertz CT molecular complexity index is 629. The van der Waals surface area contributed by atoms with Gasteiger partial charge in [0.2, 0.25) is 0 Å². The number of benzene rings is 2. The molecule has 0 bridgehead atoms. The molecule has 0 radical (unpaired) electrons. The average molecular weight is 302 g/mol. The quantitative estimate of drug-likeness (QED) is 0.803. The predicted molar refractivity (Wildman–Crippen MR) is 74.8 cm³/mol. The van der Waals surface area contributed by atoms with Gasteiger partial charge in [0.05, 0.1) is 5.56 Å². The molecule has 0 spiro atoms. The SMILES string of the molecule is Cc1ccc(Oc2cc(Br)ccc2C#N)cc1C. The lowest BCUT2D eigenvalue weighted by Gasteiger charge is -2.09. The first-order valence-corrected chi connectivity index (χ1v) is 6.34. The molecule has 0 fully saturated rings. The van der Waals surface area contributed by atoms with E-state index in [1.54, 1.807) is 12.1 Å². The van der Waals surface area contributed by atoms with E-state index in [1.807, 2.05) is 31.2 Å². The molecule has 0 aliphatic carbocycles. The number of rotatable bonds is 2. The molecule has 2 nitrogen and oxygen atoms in total. The van der Waals surface area contributed by atoms with Crippen LogP contribution in [0.1, 0.15) is 16.7 Å². The second kappa shape index (κ2) is 5.24. The van der Waals surface area contributed by atoms with E-state index in [1.165, 1.54) is 11.1 Å². The van der Waals surface area contributed by atoms with Crippen LogP contribution in [0.5, 0.6) is 11.5 Å². The van der Waals surface area contributed by atoms with Crippen LogP contribution in [0.4, 0.5) is 0 Å². The molecule has 3 heteroatoms. The van der Waals surface area contributed by atoms with Gasteiger partial charge in [-0.3, -0.25) is 0 Å². The van der Waals surface area contributed by atoms with Crippen LogP contribution < -0.4 is 4.74 Å². The zero-order chi connectivity index (χ0) is 13.1. The Morgan fingerprint density at radius 3 is 2.50 bits per heavy atom. The molecule has 2 aromatic rings. The standard InChI is InChI=1S/C15H12BrNO/c1-10-3-6-14(7-11(10)2)18-15-8-13(16)5-4-12(15)9-17/h3-8H,1-2H3. The first kappa shape index (κ1) is 12.7. The Labute approximate surface area is 115 Å². The van der Waals surface area contributed by atoms with E-state index < -0.39 is 0 Å². The van der Waals surface area contributed by atoms with E-state index in [-0.39, 0.29) is 0 Å². The minimum Gasteiger partial charge on any atom is -0.456 e. The van der Waals surface area contributed by atoms with Crippen LogP contribution in [0.25, 0.3) is 0 Å². The van der Waals surface area contributed by atoms with Crippen LogP contribution in [0.3, 0.4) is 0 Å². The maximum Gasteiger partial charge on any atom is 0.146 e. The smallest absolute Gasteiger partial charge is 0.146 e. The molecule has 0 N–H and O–H groups in total. The van der Waals surface area contributed by atoms with Gasteiger partial charge in [-0.05, 0) is 55.3 Å². The minimum absolute atomic E-state index is 0.524. The molecule has 90 valence electrons. The highest BCUT2D eigenvalue weighted by Crippen LogP contribution is 2.29. The Morgan fingerprint density at radius 1 is 1.06 bits per heavy atom. The van der Waals surface area contributed by atoms with Crippen molar-refractivity contribution < 1.29 is 4.74 Å². The van der Waals surface area contributed by atoms with Gasteiger partial charge in [-0.2, -0.15) is 5.26 Å². The van der Waals surface area contributed by atoms with Crippen molar-refractivity contribution in [3.8, 4) is 17.6 Å². The van der Waals surface area contributed by atoms with Gasteiger partial charge in [0, 0.05) is 4.47 Å². The molecule has 0 aliphatic rings. The molecular weight excluding hydrogens is 290 g/mol. The van der Waals surface area contributed by atoms with E-state index >= 15 is 0 Å². The molecule has 18 heavy (non-hydrogen) atoms. The minimum atomic E-state index is 0.524. The van der Waals surface area contributed by atoms with E-state index in [4.69, 9.17) is 10.00 Å². The van der Waals surface area contributed by atoms with Crippen molar-refractivity contribution in [2.24, 2.45) is 0 Å². The Kier molecular flexibility index (Phi) is 3.69. The number of hydrogen-bond donors (Lipinski definition) is 0. The number of ether oxygens (including phenoxy) is 1. The van der Waals surface area contributed by atoms with E-state index in [2.05, 4.69) is 28.9 Å². The summed E-state index contributed by atoms with van der Waals surface area (Å²) in [6, 6.07) is 13.4. The van der Waals surface area contributed by atoms with Crippen LogP contribution in [0.2, 0.25) is 0 Å². The van der Waals surface area contributed by atoms with Crippen molar-refractivity contribution >= 4 is 15.9 Å². The second-order valence-corrected chi connectivity index (χ2v) is 5.02. The number of nitriles is 1. The number of aryl methyl sites for hydroxylation is 2. The Balaban J connectivity index is 2.36. The lowest BCUT2D eigenvalue weighted by Crippen LogP contribution is -1.90. The maximum atomic E-state index is 9.04. The van der Waals surface area contributed by atoms with E-state index in [0.29, 0.717) is 11.3 Å².